The summed E-state index contributed by atoms with van der Waals surface area (Å²) in [6.45, 7) is 3.69. The zero-order valence-electron chi connectivity index (χ0n) is 20.4. The van der Waals surface area contributed by atoms with Crippen molar-refractivity contribution in [3.05, 3.63) is 125 Å². The molecule has 1 atom stereocenters. The fourth-order valence-electron chi connectivity index (χ4n) is 4.85. The number of thiazole rings is 1. The minimum absolute atomic E-state index is 0.280. The molecule has 4 aromatic rings. The smallest absolute Gasteiger partial charge is 0.271 e. The highest BCUT2D eigenvalue weighted by Gasteiger charge is 2.34. The monoisotopic (exact) mass is 540 g/mol. The molecular weight excluding hydrogens is 520 g/mol. The van der Waals surface area contributed by atoms with Crippen LogP contribution in [0.1, 0.15) is 29.7 Å². The van der Waals surface area contributed by atoms with Crippen molar-refractivity contribution < 1.29 is 9.59 Å². The van der Waals surface area contributed by atoms with Gasteiger partial charge in [-0.25, -0.2) is 4.99 Å². The van der Waals surface area contributed by atoms with Gasteiger partial charge in [0.05, 0.1) is 22.9 Å². The van der Waals surface area contributed by atoms with Gasteiger partial charge in [-0.3, -0.25) is 19.0 Å². The van der Waals surface area contributed by atoms with E-state index in [-0.39, 0.29) is 21.9 Å². The predicted octanol–water partition coefficient (Wildman–Crippen LogP) is 4.16. The first kappa shape index (κ1) is 24.1. The van der Waals surface area contributed by atoms with Gasteiger partial charge in [0.25, 0.3) is 17.4 Å². The third-order valence-electron chi connectivity index (χ3n) is 6.61. The predicted molar refractivity (Wildman–Crippen MR) is 149 cm³/mol. The van der Waals surface area contributed by atoms with Crippen LogP contribution in [-0.4, -0.2) is 16.4 Å². The Morgan fingerprint density at radius 1 is 1.03 bits per heavy atom. The van der Waals surface area contributed by atoms with Crippen molar-refractivity contribution in [3.63, 3.8) is 0 Å². The number of aromatic nitrogens is 1. The molecule has 0 fully saturated rings. The van der Waals surface area contributed by atoms with Gasteiger partial charge >= 0.3 is 0 Å². The van der Waals surface area contributed by atoms with Crippen molar-refractivity contribution in [1.29, 1.82) is 0 Å². The van der Waals surface area contributed by atoms with Crippen LogP contribution in [0, 0.1) is 6.92 Å². The van der Waals surface area contributed by atoms with E-state index < -0.39 is 6.04 Å². The standard InChI is InChI=1S/C29H21ClN4O3S/c1-15-8-13-21-20(14-15)23(27(36)33-21)25-28(37)34-24(17-9-11-18(30)12-10-17)22(16(2)31-29(34)38-25)26(35)32-19-6-4-3-5-7-19/h3-14,24H,1-2H3,(H,32,35)(H,33,36)/b25-23-/t24-/m1/s1. The molecule has 0 aliphatic carbocycles. The number of hydrogen-bond donors (Lipinski definition) is 2. The third-order valence-corrected chi connectivity index (χ3v) is 7.91. The van der Waals surface area contributed by atoms with Gasteiger partial charge in [0, 0.05) is 22.0 Å². The molecule has 0 radical (unpaired) electrons. The van der Waals surface area contributed by atoms with Crippen LogP contribution in [0.2, 0.25) is 5.02 Å². The summed E-state index contributed by atoms with van der Waals surface area (Å²) >= 11 is 7.31. The second-order valence-corrected chi connectivity index (χ2v) is 10.6. The maximum atomic E-state index is 14.1. The van der Waals surface area contributed by atoms with E-state index in [1.165, 1.54) is 4.57 Å². The summed E-state index contributed by atoms with van der Waals surface area (Å²) in [5.74, 6) is -0.702. The van der Waals surface area contributed by atoms with Gasteiger partial charge < -0.3 is 10.6 Å². The molecule has 6 rings (SSSR count). The molecule has 0 spiro atoms. The number of rotatable bonds is 3. The summed E-state index contributed by atoms with van der Waals surface area (Å²) in [6.07, 6.45) is 0. The number of hydrogen-bond acceptors (Lipinski definition) is 5. The highest BCUT2D eigenvalue weighted by molar-refractivity contribution is 7.07. The molecule has 3 heterocycles. The number of halogens is 1. The number of allylic oxidation sites excluding steroid dienone is 1. The number of amides is 2. The van der Waals surface area contributed by atoms with Crippen LogP contribution in [0.4, 0.5) is 11.4 Å². The van der Waals surface area contributed by atoms with Crippen molar-refractivity contribution in [2.24, 2.45) is 4.99 Å². The molecule has 0 saturated carbocycles. The highest BCUT2D eigenvalue weighted by atomic mass is 35.5. The van der Waals surface area contributed by atoms with Gasteiger partial charge in [-0.05, 0) is 55.8 Å². The zero-order chi connectivity index (χ0) is 26.6. The number of benzene rings is 3. The summed E-state index contributed by atoms with van der Waals surface area (Å²) < 4.78 is 1.78. The van der Waals surface area contributed by atoms with Gasteiger partial charge in [0.15, 0.2) is 4.80 Å². The summed E-state index contributed by atoms with van der Waals surface area (Å²) in [5, 5.41) is 6.32. The Morgan fingerprint density at radius 3 is 2.50 bits per heavy atom. The average molecular weight is 541 g/mol. The first-order chi connectivity index (χ1) is 18.3. The molecule has 188 valence electrons. The largest absolute Gasteiger partial charge is 0.322 e. The lowest BCUT2D eigenvalue weighted by molar-refractivity contribution is -0.113. The van der Waals surface area contributed by atoms with Crippen molar-refractivity contribution in [1.82, 2.24) is 4.57 Å². The second kappa shape index (κ2) is 9.24. The quantitative estimate of drug-likeness (QED) is 0.409. The molecule has 0 unspecified atom stereocenters. The summed E-state index contributed by atoms with van der Waals surface area (Å²) in [4.78, 5) is 45.8. The number of nitrogens with zero attached hydrogens (tertiary/aromatic N) is 2. The van der Waals surface area contributed by atoms with Crippen LogP contribution >= 0.6 is 22.9 Å². The van der Waals surface area contributed by atoms with E-state index in [2.05, 4.69) is 15.6 Å². The summed E-state index contributed by atoms with van der Waals surface area (Å²) in [6, 6.07) is 21.0. The van der Waals surface area contributed by atoms with Gasteiger partial charge in [-0.1, -0.05) is 64.9 Å². The molecule has 2 amide bonds. The van der Waals surface area contributed by atoms with Crippen molar-refractivity contribution in [3.8, 4) is 0 Å². The van der Waals surface area contributed by atoms with Crippen LogP contribution in [0.15, 0.2) is 93.9 Å². The fraction of sp³-hybridized carbons (Fsp3) is 0.103. The molecule has 3 aromatic carbocycles. The van der Waals surface area contributed by atoms with Gasteiger partial charge in [-0.2, -0.15) is 0 Å². The van der Waals surface area contributed by atoms with Crippen LogP contribution in [0.25, 0.3) is 5.57 Å². The number of aryl methyl sites for hydroxylation is 1. The lowest BCUT2D eigenvalue weighted by Gasteiger charge is -2.25. The van der Waals surface area contributed by atoms with Gasteiger partial charge in [-0.15, -0.1) is 0 Å². The van der Waals surface area contributed by atoms with Crippen LogP contribution in [0.3, 0.4) is 0 Å². The number of nitrogens with one attached hydrogen (secondary N) is 2. The number of fused-ring (bicyclic) bond motifs is 2. The first-order valence-corrected chi connectivity index (χ1v) is 13.1. The van der Waals surface area contributed by atoms with E-state index >= 15 is 0 Å². The van der Waals surface area contributed by atoms with E-state index in [9.17, 15) is 14.4 Å². The van der Waals surface area contributed by atoms with Crippen molar-refractivity contribution >= 4 is 51.7 Å². The number of para-hydroxylation sites is 1. The Bertz CT molecular complexity index is 1850. The Morgan fingerprint density at radius 2 is 1.76 bits per heavy atom. The molecule has 1 aromatic heterocycles. The van der Waals surface area contributed by atoms with E-state index in [0.717, 1.165) is 16.9 Å². The Labute approximate surface area is 226 Å². The minimum Gasteiger partial charge on any atom is -0.322 e. The molecule has 0 bridgehead atoms. The SMILES string of the molecule is CC1=C(C(=O)Nc2ccccc2)[C@@H](c2ccc(Cl)cc2)n2c(s/c(=C3\C(=O)Nc4ccc(C)cc43)c2=O)=N1. The van der Waals surface area contributed by atoms with Crippen molar-refractivity contribution in [2.45, 2.75) is 19.9 Å². The first-order valence-electron chi connectivity index (χ1n) is 11.9. The lowest BCUT2D eigenvalue weighted by Crippen LogP contribution is -2.41. The number of anilines is 2. The Kier molecular flexibility index (Phi) is 5.86. The van der Waals surface area contributed by atoms with E-state index in [1.54, 1.807) is 43.3 Å². The molecular formula is C29H21ClN4O3S. The fourth-order valence-corrected chi connectivity index (χ4v) is 6.12. The molecule has 2 aliphatic heterocycles. The van der Waals surface area contributed by atoms with Gasteiger partial charge in [0.2, 0.25) is 0 Å². The van der Waals surface area contributed by atoms with Crippen LogP contribution in [0.5, 0.6) is 0 Å². The molecule has 2 N–H and O–H groups in total. The molecule has 0 saturated heterocycles. The maximum Gasteiger partial charge on any atom is 0.271 e. The van der Waals surface area contributed by atoms with Gasteiger partial charge in [0.1, 0.15) is 4.53 Å². The Balaban J connectivity index is 1.59. The molecule has 38 heavy (non-hydrogen) atoms. The van der Waals surface area contributed by atoms with Crippen LogP contribution < -0.4 is 25.5 Å². The summed E-state index contributed by atoms with van der Waals surface area (Å²) in [7, 11) is 0. The van der Waals surface area contributed by atoms with E-state index in [1.807, 2.05) is 43.3 Å². The molecule has 7 nitrogen and oxygen atoms in total. The van der Waals surface area contributed by atoms with Crippen LogP contribution in [-0.2, 0) is 9.59 Å². The minimum atomic E-state index is -0.761. The Hall–Kier alpha value is -4.27. The zero-order valence-corrected chi connectivity index (χ0v) is 22.0. The highest BCUT2D eigenvalue weighted by Crippen LogP contribution is 2.33. The number of carbonyl (C=O) groups is 2. The third kappa shape index (κ3) is 3.98. The summed E-state index contributed by atoms with van der Waals surface area (Å²) in [5.41, 5.74) is 4.41. The number of carbonyl (C=O) groups excluding carboxylic acids is 2. The average Bonchev–Trinajstić information content (AvgIpc) is 3.38. The molecule has 9 heteroatoms. The lowest BCUT2D eigenvalue weighted by atomic mass is 9.95. The second-order valence-electron chi connectivity index (χ2n) is 9.15. The van der Waals surface area contributed by atoms with Crippen molar-refractivity contribution in [2.75, 3.05) is 10.6 Å². The topological polar surface area (TPSA) is 92.6 Å². The normalized spacial score (nSPS) is 17.4. The maximum absolute atomic E-state index is 14.1. The van der Waals surface area contributed by atoms with E-state index in [4.69, 9.17) is 11.6 Å². The van der Waals surface area contributed by atoms with E-state index in [0.29, 0.717) is 49.2 Å². The molecule has 2 aliphatic rings.